The lowest BCUT2D eigenvalue weighted by Gasteiger charge is -2.33. The molecule has 0 amide bonds. The molecule has 2 heterocycles. The Balaban J connectivity index is 2.01. The number of tetrazole rings is 1. The fourth-order valence-electron chi connectivity index (χ4n) is 3.97. The standard InChI is InChI=1S/C23H34N6O2/c1-6-19(21-25-26-27-29(21)23(4,5)7-2)28(12-9-13-30)15-18-14-17-11-8-10-16(3)20(17)24-22(18)31/h8,10-11,14,19,30H,6-7,9,12-13,15H2,1-5H3,(H,24,31)/t19-/m1/s1. The lowest BCUT2D eigenvalue weighted by atomic mass is 10.0. The number of para-hydroxylation sites is 1. The minimum atomic E-state index is -0.215. The molecule has 1 atom stereocenters. The summed E-state index contributed by atoms with van der Waals surface area (Å²) in [6.45, 7) is 11.6. The summed E-state index contributed by atoms with van der Waals surface area (Å²) in [6.07, 6.45) is 2.29. The number of aryl methyl sites for hydroxylation is 1. The number of pyridine rings is 1. The van der Waals surface area contributed by atoms with E-state index in [1.165, 1.54) is 0 Å². The quantitative estimate of drug-likeness (QED) is 0.516. The number of H-pyrrole nitrogens is 1. The number of aliphatic hydroxyl groups excluding tert-OH is 1. The predicted octanol–water partition coefficient (Wildman–Crippen LogP) is 3.30. The van der Waals surface area contributed by atoms with Gasteiger partial charge in [0, 0.05) is 25.3 Å². The van der Waals surface area contributed by atoms with Crippen molar-refractivity contribution >= 4 is 10.9 Å². The summed E-state index contributed by atoms with van der Waals surface area (Å²) >= 11 is 0. The molecule has 0 bridgehead atoms. The second kappa shape index (κ2) is 9.70. The summed E-state index contributed by atoms with van der Waals surface area (Å²) < 4.78 is 1.90. The number of aliphatic hydroxyl groups is 1. The number of nitrogens with zero attached hydrogens (tertiary/aromatic N) is 5. The van der Waals surface area contributed by atoms with Gasteiger partial charge in [-0.2, -0.15) is 0 Å². The Morgan fingerprint density at radius 2 is 2.06 bits per heavy atom. The van der Waals surface area contributed by atoms with Gasteiger partial charge < -0.3 is 10.1 Å². The largest absolute Gasteiger partial charge is 0.396 e. The first-order valence-corrected chi connectivity index (χ1v) is 11.1. The van der Waals surface area contributed by atoms with Crippen LogP contribution in [-0.2, 0) is 12.1 Å². The van der Waals surface area contributed by atoms with Crippen molar-refractivity contribution in [1.29, 1.82) is 0 Å². The Labute approximate surface area is 183 Å². The molecule has 2 aromatic heterocycles. The number of hydrogen-bond donors (Lipinski definition) is 2. The van der Waals surface area contributed by atoms with Gasteiger partial charge >= 0.3 is 0 Å². The summed E-state index contributed by atoms with van der Waals surface area (Å²) in [5, 5.41) is 23.1. The summed E-state index contributed by atoms with van der Waals surface area (Å²) in [4.78, 5) is 18.1. The van der Waals surface area contributed by atoms with Gasteiger partial charge in [-0.3, -0.25) is 9.69 Å². The van der Waals surface area contributed by atoms with Crippen molar-refractivity contribution in [3.05, 3.63) is 51.6 Å². The molecule has 8 nitrogen and oxygen atoms in total. The molecule has 31 heavy (non-hydrogen) atoms. The van der Waals surface area contributed by atoms with Crippen LogP contribution in [0.1, 0.15) is 70.0 Å². The van der Waals surface area contributed by atoms with Crippen LogP contribution in [-0.4, -0.2) is 48.3 Å². The van der Waals surface area contributed by atoms with Crippen LogP contribution in [0.3, 0.4) is 0 Å². The van der Waals surface area contributed by atoms with E-state index in [-0.39, 0.29) is 23.7 Å². The molecule has 0 aliphatic rings. The number of aromatic amines is 1. The van der Waals surface area contributed by atoms with Gasteiger partial charge in [0.25, 0.3) is 5.56 Å². The maximum absolute atomic E-state index is 12.9. The maximum atomic E-state index is 12.9. The molecule has 0 saturated heterocycles. The minimum absolute atomic E-state index is 0.0695. The van der Waals surface area contributed by atoms with Gasteiger partial charge in [0.15, 0.2) is 5.82 Å². The molecule has 0 aliphatic heterocycles. The van der Waals surface area contributed by atoms with Crippen LogP contribution in [0.25, 0.3) is 10.9 Å². The molecule has 0 spiro atoms. The number of rotatable bonds is 10. The van der Waals surface area contributed by atoms with E-state index in [4.69, 9.17) is 0 Å². The molecular weight excluding hydrogens is 392 g/mol. The highest BCUT2D eigenvalue weighted by molar-refractivity contribution is 5.81. The van der Waals surface area contributed by atoms with Crippen molar-refractivity contribution < 1.29 is 5.11 Å². The average molecular weight is 427 g/mol. The summed E-state index contributed by atoms with van der Waals surface area (Å²) in [5.41, 5.74) is 2.32. The normalized spacial score (nSPS) is 13.3. The molecule has 3 rings (SSSR count). The topological polar surface area (TPSA) is 99.9 Å². The van der Waals surface area contributed by atoms with Crippen molar-refractivity contribution in [1.82, 2.24) is 30.1 Å². The SMILES string of the molecule is CC[C@H](c1nnnn1C(C)(C)CC)N(CCCO)Cc1cc2cccc(C)c2[nH]c1=O. The zero-order valence-electron chi connectivity index (χ0n) is 19.2. The lowest BCUT2D eigenvalue weighted by molar-refractivity contribution is 0.144. The average Bonchev–Trinajstić information content (AvgIpc) is 3.24. The first-order chi connectivity index (χ1) is 14.8. The van der Waals surface area contributed by atoms with Crippen molar-refractivity contribution in [2.75, 3.05) is 13.2 Å². The molecule has 0 unspecified atom stereocenters. The zero-order chi connectivity index (χ0) is 22.6. The zero-order valence-corrected chi connectivity index (χ0v) is 19.2. The highest BCUT2D eigenvalue weighted by atomic mass is 16.3. The third-order valence-electron chi connectivity index (χ3n) is 6.20. The van der Waals surface area contributed by atoms with Gasteiger partial charge in [0.05, 0.1) is 17.1 Å². The van der Waals surface area contributed by atoms with Crippen molar-refractivity contribution in [2.45, 2.75) is 72.0 Å². The molecule has 8 heteroatoms. The molecule has 2 N–H and O–H groups in total. The third kappa shape index (κ3) is 4.85. The second-order valence-electron chi connectivity index (χ2n) is 8.75. The van der Waals surface area contributed by atoms with E-state index in [9.17, 15) is 9.90 Å². The minimum Gasteiger partial charge on any atom is -0.396 e. The van der Waals surface area contributed by atoms with Crippen LogP contribution in [0.4, 0.5) is 0 Å². The van der Waals surface area contributed by atoms with Crippen LogP contribution in [0, 0.1) is 6.92 Å². The molecule has 0 fully saturated rings. The van der Waals surface area contributed by atoms with Crippen molar-refractivity contribution in [3.63, 3.8) is 0 Å². The maximum Gasteiger partial charge on any atom is 0.252 e. The Hall–Kier alpha value is -2.58. The monoisotopic (exact) mass is 426 g/mol. The Morgan fingerprint density at radius 1 is 1.29 bits per heavy atom. The fourth-order valence-corrected chi connectivity index (χ4v) is 3.97. The van der Waals surface area contributed by atoms with E-state index < -0.39 is 0 Å². The van der Waals surface area contributed by atoms with Gasteiger partial charge in [0.2, 0.25) is 0 Å². The van der Waals surface area contributed by atoms with E-state index in [0.717, 1.165) is 35.1 Å². The summed E-state index contributed by atoms with van der Waals surface area (Å²) in [7, 11) is 0. The van der Waals surface area contributed by atoms with Gasteiger partial charge in [0.1, 0.15) is 0 Å². The molecule has 0 saturated carbocycles. The third-order valence-corrected chi connectivity index (χ3v) is 6.20. The predicted molar refractivity (Wildman–Crippen MR) is 122 cm³/mol. The molecule has 0 aliphatic carbocycles. The van der Waals surface area contributed by atoms with E-state index in [0.29, 0.717) is 25.1 Å². The lowest BCUT2D eigenvalue weighted by Crippen LogP contribution is -2.37. The first-order valence-electron chi connectivity index (χ1n) is 11.1. The summed E-state index contributed by atoms with van der Waals surface area (Å²) in [5.74, 6) is 0.792. The van der Waals surface area contributed by atoms with Crippen LogP contribution in [0.2, 0.25) is 0 Å². The smallest absolute Gasteiger partial charge is 0.252 e. The van der Waals surface area contributed by atoms with E-state index >= 15 is 0 Å². The van der Waals surface area contributed by atoms with E-state index in [1.807, 2.05) is 35.9 Å². The fraction of sp³-hybridized carbons (Fsp3) is 0.565. The molecular formula is C23H34N6O2. The van der Waals surface area contributed by atoms with E-state index in [2.05, 4.69) is 53.1 Å². The van der Waals surface area contributed by atoms with Gasteiger partial charge in [-0.25, -0.2) is 4.68 Å². The molecule has 3 aromatic rings. The number of fused-ring (bicyclic) bond motifs is 1. The number of hydrogen-bond acceptors (Lipinski definition) is 6. The molecule has 0 radical (unpaired) electrons. The van der Waals surface area contributed by atoms with E-state index in [1.54, 1.807) is 0 Å². The van der Waals surface area contributed by atoms with Crippen LogP contribution >= 0.6 is 0 Å². The summed E-state index contributed by atoms with van der Waals surface area (Å²) in [6, 6.07) is 7.91. The van der Waals surface area contributed by atoms with Crippen molar-refractivity contribution in [2.24, 2.45) is 0 Å². The van der Waals surface area contributed by atoms with Gasteiger partial charge in [-0.05, 0) is 67.5 Å². The Bertz CT molecular complexity index is 1070. The Morgan fingerprint density at radius 3 is 2.74 bits per heavy atom. The van der Waals surface area contributed by atoms with Gasteiger partial charge in [-0.15, -0.1) is 5.10 Å². The number of benzene rings is 1. The highest BCUT2D eigenvalue weighted by Crippen LogP contribution is 2.29. The van der Waals surface area contributed by atoms with Gasteiger partial charge in [-0.1, -0.05) is 32.0 Å². The van der Waals surface area contributed by atoms with Crippen LogP contribution < -0.4 is 5.56 Å². The number of aromatic nitrogens is 5. The molecule has 1 aromatic carbocycles. The Kier molecular flexibility index (Phi) is 7.23. The second-order valence-corrected chi connectivity index (χ2v) is 8.75. The van der Waals surface area contributed by atoms with Crippen LogP contribution in [0.5, 0.6) is 0 Å². The molecule has 168 valence electrons. The van der Waals surface area contributed by atoms with Crippen LogP contribution in [0.15, 0.2) is 29.1 Å². The highest BCUT2D eigenvalue weighted by Gasteiger charge is 2.30. The number of nitrogens with one attached hydrogen (secondary N) is 1. The first kappa shape index (κ1) is 23.1. The van der Waals surface area contributed by atoms with Crippen molar-refractivity contribution in [3.8, 4) is 0 Å².